The monoisotopic (exact) mass is 464 g/mol. The van der Waals surface area contributed by atoms with Gasteiger partial charge in [-0.25, -0.2) is 9.18 Å². The van der Waals surface area contributed by atoms with Gasteiger partial charge in [0.1, 0.15) is 5.82 Å². The van der Waals surface area contributed by atoms with Gasteiger partial charge in [-0.15, -0.1) is 0 Å². The number of alkyl halides is 3. The first-order chi connectivity index (χ1) is 14.5. The van der Waals surface area contributed by atoms with E-state index in [0.29, 0.717) is 18.0 Å². The van der Waals surface area contributed by atoms with Crippen LogP contribution in [0.1, 0.15) is 36.9 Å². The summed E-state index contributed by atoms with van der Waals surface area (Å²) in [4.78, 5) is 20.7. The summed E-state index contributed by atoms with van der Waals surface area (Å²) >= 11 is 5.90. The van der Waals surface area contributed by atoms with Crippen LogP contribution in [0.3, 0.4) is 0 Å². The predicted molar refractivity (Wildman–Crippen MR) is 104 cm³/mol. The van der Waals surface area contributed by atoms with E-state index in [-0.39, 0.29) is 23.8 Å². The fourth-order valence-electron chi connectivity index (χ4n) is 3.01. The molecule has 1 aromatic carbocycles. The van der Waals surface area contributed by atoms with Crippen LogP contribution in [-0.4, -0.2) is 39.0 Å². The smallest absolute Gasteiger partial charge is 0.475 e. The van der Waals surface area contributed by atoms with E-state index in [1.54, 1.807) is 12.3 Å². The number of hydrogen-bond donors (Lipinski definition) is 3. The van der Waals surface area contributed by atoms with Gasteiger partial charge in [0.15, 0.2) is 0 Å². The number of amides is 1. The lowest BCUT2D eigenvalue weighted by molar-refractivity contribution is -0.192. The number of nitrogens with zero attached hydrogens (tertiary/aromatic N) is 2. The van der Waals surface area contributed by atoms with Crippen LogP contribution in [0.2, 0.25) is 5.02 Å². The average Bonchev–Trinajstić information content (AvgIpc) is 3.15. The molecule has 0 spiro atoms. The van der Waals surface area contributed by atoms with Gasteiger partial charge >= 0.3 is 12.1 Å². The maximum Gasteiger partial charge on any atom is 0.490 e. The molecule has 1 saturated heterocycles. The molecule has 2 heterocycles. The summed E-state index contributed by atoms with van der Waals surface area (Å²) in [6.07, 6.45) is -0.158. The van der Waals surface area contributed by atoms with Crippen molar-refractivity contribution in [3.05, 3.63) is 52.6 Å². The van der Waals surface area contributed by atoms with Crippen LogP contribution in [0, 0.1) is 5.82 Å². The number of carboxylic acid groups (broad SMARTS) is 1. The van der Waals surface area contributed by atoms with Crippen LogP contribution < -0.4 is 10.6 Å². The van der Waals surface area contributed by atoms with Crippen LogP contribution in [0.5, 0.6) is 0 Å². The van der Waals surface area contributed by atoms with Gasteiger partial charge in [0, 0.05) is 42.3 Å². The molecule has 1 aliphatic rings. The van der Waals surface area contributed by atoms with Gasteiger partial charge in [0.25, 0.3) is 0 Å². The van der Waals surface area contributed by atoms with E-state index >= 15 is 0 Å². The van der Waals surface area contributed by atoms with E-state index in [1.807, 2.05) is 17.8 Å². The molecule has 1 amide bonds. The van der Waals surface area contributed by atoms with Gasteiger partial charge in [-0.2, -0.15) is 18.3 Å². The third kappa shape index (κ3) is 7.51. The average molecular weight is 465 g/mol. The Morgan fingerprint density at radius 2 is 2.06 bits per heavy atom. The lowest BCUT2D eigenvalue weighted by Crippen LogP contribution is -2.48. The summed E-state index contributed by atoms with van der Waals surface area (Å²) in [5.74, 6) is -3.07. The van der Waals surface area contributed by atoms with E-state index in [0.717, 1.165) is 24.1 Å². The summed E-state index contributed by atoms with van der Waals surface area (Å²) in [6.45, 7) is 3.27. The maximum atomic E-state index is 13.4. The summed E-state index contributed by atoms with van der Waals surface area (Å²) in [5.41, 5.74) is 1.75. The molecule has 1 aromatic heterocycles. The highest BCUT2D eigenvalue weighted by Gasteiger charge is 2.38. The van der Waals surface area contributed by atoms with Crippen LogP contribution in [0.15, 0.2) is 30.6 Å². The van der Waals surface area contributed by atoms with Crippen molar-refractivity contribution < 1.29 is 32.3 Å². The molecule has 0 radical (unpaired) electrons. The highest BCUT2D eigenvalue weighted by Crippen LogP contribution is 2.24. The molecule has 1 aliphatic heterocycles. The number of rotatable bonds is 5. The third-order valence-electron chi connectivity index (χ3n) is 4.47. The fourth-order valence-corrected chi connectivity index (χ4v) is 3.25. The summed E-state index contributed by atoms with van der Waals surface area (Å²) in [5, 5.41) is 18.2. The number of benzene rings is 1. The quantitative estimate of drug-likeness (QED) is 0.589. The predicted octanol–water partition coefficient (Wildman–Crippen LogP) is 3.44. The zero-order valence-electron chi connectivity index (χ0n) is 16.4. The first-order valence-electron chi connectivity index (χ1n) is 9.29. The number of carboxylic acids is 1. The van der Waals surface area contributed by atoms with Crippen molar-refractivity contribution in [1.29, 1.82) is 0 Å². The van der Waals surface area contributed by atoms with Gasteiger partial charge in [-0.1, -0.05) is 11.6 Å². The van der Waals surface area contributed by atoms with E-state index in [1.165, 1.54) is 12.1 Å². The Morgan fingerprint density at radius 1 is 1.39 bits per heavy atom. The minimum atomic E-state index is -5.08. The Hall–Kier alpha value is -2.66. The zero-order valence-corrected chi connectivity index (χ0v) is 17.2. The van der Waals surface area contributed by atoms with Crippen LogP contribution in [0.4, 0.5) is 17.6 Å². The van der Waals surface area contributed by atoms with Crippen molar-refractivity contribution in [2.75, 3.05) is 0 Å². The van der Waals surface area contributed by atoms with Crippen molar-refractivity contribution in [2.45, 2.75) is 51.1 Å². The highest BCUT2D eigenvalue weighted by molar-refractivity contribution is 6.30. The molecule has 0 unspecified atom stereocenters. The van der Waals surface area contributed by atoms with Crippen molar-refractivity contribution >= 4 is 23.5 Å². The molecular weight excluding hydrogens is 444 g/mol. The number of hydrogen-bond acceptors (Lipinski definition) is 4. The number of halogens is 5. The maximum absolute atomic E-state index is 13.4. The standard InChI is InChI=1S/C17H20ClFN4O.C2HF3O2/c1-2-23-10-12(9-21-23)17-15(3-4-16(24)22-17)20-8-11-5-13(18)7-14(19)6-11;3-2(4,5)1(6)7/h5-7,9-10,15,17,20H,2-4,8H2,1H3,(H,22,24);(H,6,7)/t15-,17+;/m1./s1. The Morgan fingerprint density at radius 3 is 2.61 bits per heavy atom. The first-order valence-corrected chi connectivity index (χ1v) is 9.67. The normalized spacial score (nSPS) is 18.7. The van der Waals surface area contributed by atoms with Crippen molar-refractivity contribution in [1.82, 2.24) is 20.4 Å². The third-order valence-corrected chi connectivity index (χ3v) is 4.69. The molecule has 3 N–H and O–H groups in total. The molecule has 170 valence electrons. The van der Waals surface area contributed by atoms with E-state index in [2.05, 4.69) is 15.7 Å². The summed E-state index contributed by atoms with van der Waals surface area (Å²) in [6, 6.07) is 4.40. The van der Waals surface area contributed by atoms with Gasteiger partial charge in [0.05, 0.1) is 12.2 Å². The molecule has 1 fully saturated rings. The number of piperidine rings is 1. The van der Waals surface area contributed by atoms with Gasteiger partial charge < -0.3 is 15.7 Å². The van der Waals surface area contributed by atoms with Crippen molar-refractivity contribution in [3.63, 3.8) is 0 Å². The van der Waals surface area contributed by atoms with Gasteiger partial charge in [0.2, 0.25) is 5.91 Å². The molecule has 0 aliphatic carbocycles. The number of carbonyl (C=O) groups is 2. The van der Waals surface area contributed by atoms with Crippen molar-refractivity contribution in [2.24, 2.45) is 0 Å². The van der Waals surface area contributed by atoms with Gasteiger partial charge in [-0.3, -0.25) is 9.48 Å². The molecule has 7 nitrogen and oxygen atoms in total. The fraction of sp³-hybridized carbons (Fsp3) is 0.421. The summed E-state index contributed by atoms with van der Waals surface area (Å²) < 4.78 is 47.0. The number of aliphatic carboxylic acids is 1. The number of aryl methyl sites for hydroxylation is 1. The Kier molecular flexibility index (Phi) is 8.40. The largest absolute Gasteiger partial charge is 0.490 e. The first kappa shape index (κ1) is 24.6. The minimum absolute atomic E-state index is 0.0381. The van der Waals surface area contributed by atoms with Crippen LogP contribution in [0.25, 0.3) is 0 Å². The van der Waals surface area contributed by atoms with Crippen LogP contribution >= 0.6 is 11.6 Å². The lowest BCUT2D eigenvalue weighted by Gasteiger charge is -2.32. The second-order valence-corrected chi connectivity index (χ2v) is 7.22. The molecule has 12 heteroatoms. The molecule has 0 bridgehead atoms. The molecule has 2 atom stereocenters. The second-order valence-electron chi connectivity index (χ2n) is 6.78. The molecular formula is C19H21ClF4N4O3. The van der Waals surface area contributed by atoms with Gasteiger partial charge in [-0.05, 0) is 37.1 Å². The Balaban J connectivity index is 0.000000423. The summed E-state index contributed by atoms with van der Waals surface area (Å²) in [7, 11) is 0. The van der Waals surface area contributed by atoms with E-state index in [9.17, 15) is 22.4 Å². The number of carbonyl (C=O) groups excluding carboxylic acids is 1. The van der Waals surface area contributed by atoms with Crippen LogP contribution in [-0.2, 0) is 22.7 Å². The zero-order chi connectivity index (χ0) is 23.2. The number of aromatic nitrogens is 2. The number of nitrogens with one attached hydrogen (secondary N) is 2. The Labute approximate surface area is 180 Å². The lowest BCUT2D eigenvalue weighted by atomic mass is 9.93. The molecule has 3 rings (SSSR count). The molecule has 2 aromatic rings. The van der Waals surface area contributed by atoms with E-state index < -0.39 is 12.1 Å². The van der Waals surface area contributed by atoms with E-state index in [4.69, 9.17) is 21.5 Å². The highest BCUT2D eigenvalue weighted by atomic mass is 35.5. The SMILES string of the molecule is CCn1cc([C@@H]2NC(=O)CC[C@H]2NCc2cc(F)cc(Cl)c2)cn1.O=C(O)C(F)(F)F. The molecule has 31 heavy (non-hydrogen) atoms. The van der Waals surface area contributed by atoms with Crippen molar-refractivity contribution in [3.8, 4) is 0 Å². The minimum Gasteiger partial charge on any atom is -0.475 e. The second kappa shape index (κ2) is 10.6. The molecule has 0 saturated carbocycles. The Bertz CT molecular complexity index is 900. The topological polar surface area (TPSA) is 96.3 Å².